The predicted molar refractivity (Wildman–Crippen MR) is 96.9 cm³/mol. The SMILES string of the molecule is O=C(Nc1cccc(O)c1)C1CCCN1C(=O)N(O)CCC1CCCC1. The van der Waals surface area contributed by atoms with E-state index in [1.807, 2.05) is 0 Å². The van der Waals surface area contributed by atoms with Crippen LogP contribution in [0.4, 0.5) is 10.5 Å². The molecule has 1 aliphatic carbocycles. The lowest BCUT2D eigenvalue weighted by molar-refractivity contribution is -0.120. The Morgan fingerprint density at radius 1 is 1.19 bits per heavy atom. The number of hydrogen-bond donors (Lipinski definition) is 3. The monoisotopic (exact) mass is 361 g/mol. The van der Waals surface area contributed by atoms with E-state index in [1.165, 1.54) is 42.7 Å². The van der Waals surface area contributed by atoms with Gasteiger partial charge in [-0.15, -0.1) is 0 Å². The minimum Gasteiger partial charge on any atom is -0.508 e. The summed E-state index contributed by atoms with van der Waals surface area (Å²) in [5.74, 6) is 0.349. The molecule has 3 rings (SSSR count). The van der Waals surface area contributed by atoms with Crippen molar-refractivity contribution in [3.63, 3.8) is 0 Å². The van der Waals surface area contributed by atoms with Crippen LogP contribution in [0.15, 0.2) is 24.3 Å². The van der Waals surface area contributed by atoms with E-state index in [-0.39, 0.29) is 11.7 Å². The average molecular weight is 361 g/mol. The summed E-state index contributed by atoms with van der Waals surface area (Å²) in [7, 11) is 0. The minimum absolute atomic E-state index is 0.0654. The first-order valence-corrected chi connectivity index (χ1v) is 9.41. The smallest absolute Gasteiger partial charge is 0.344 e. The van der Waals surface area contributed by atoms with Crippen molar-refractivity contribution >= 4 is 17.6 Å². The molecule has 26 heavy (non-hydrogen) atoms. The summed E-state index contributed by atoms with van der Waals surface area (Å²) < 4.78 is 0. The van der Waals surface area contributed by atoms with Crippen LogP contribution in [0.1, 0.15) is 44.9 Å². The molecule has 1 saturated heterocycles. The Labute approximate surface area is 153 Å². The van der Waals surface area contributed by atoms with Gasteiger partial charge in [0.2, 0.25) is 5.91 Å². The topological polar surface area (TPSA) is 93.1 Å². The highest BCUT2D eigenvalue weighted by atomic mass is 16.5. The normalized spacial score (nSPS) is 20.3. The maximum Gasteiger partial charge on any atom is 0.344 e. The van der Waals surface area contributed by atoms with Crippen LogP contribution in [-0.4, -0.2) is 51.3 Å². The third-order valence-electron chi connectivity index (χ3n) is 5.36. The molecule has 7 heteroatoms. The number of anilines is 1. The Bertz CT molecular complexity index is 645. The molecule has 1 saturated carbocycles. The van der Waals surface area contributed by atoms with Crippen LogP contribution < -0.4 is 5.32 Å². The van der Waals surface area contributed by atoms with Gasteiger partial charge in [0.05, 0.1) is 6.54 Å². The van der Waals surface area contributed by atoms with E-state index in [2.05, 4.69) is 5.32 Å². The number of amides is 3. The maximum atomic E-state index is 12.6. The molecule has 3 amide bonds. The zero-order valence-electron chi connectivity index (χ0n) is 14.9. The number of phenolic OH excluding ortho intramolecular Hbond substituents is 1. The van der Waals surface area contributed by atoms with Gasteiger partial charge in [-0.2, -0.15) is 0 Å². The van der Waals surface area contributed by atoms with Crippen molar-refractivity contribution in [2.75, 3.05) is 18.4 Å². The highest BCUT2D eigenvalue weighted by Crippen LogP contribution is 2.28. The molecule has 142 valence electrons. The lowest BCUT2D eigenvalue weighted by Gasteiger charge is -2.28. The number of rotatable bonds is 5. The molecule has 1 aromatic carbocycles. The Balaban J connectivity index is 1.55. The summed E-state index contributed by atoms with van der Waals surface area (Å²) in [6, 6.07) is 5.19. The van der Waals surface area contributed by atoms with Gasteiger partial charge in [-0.1, -0.05) is 31.7 Å². The van der Waals surface area contributed by atoms with E-state index in [0.29, 0.717) is 31.1 Å². The van der Waals surface area contributed by atoms with Crippen LogP contribution in [0.25, 0.3) is 0 Å². The van der Waals surface area contributed by atoms with Crippen molar-refractivity contribution < 1.29 is 19.9 Å². The van der Waals surface area contributed by atoms with Crippen molar-refractivity contribution in [3.8, 4) is 5.75 Å². The highest BCUT2D eigenvalue weighted by Gasteiger charge is 2.36. The maximum absolute atomic E-state index is 12.6. The molecule has 3 N–H and O–H groups in total. The molecule has 2 aliphatic rings. The number of hydroxylamine groups is 2. The van der Waals surface area contributed by atoms with Gasteiger partial charge < -0.3 is 15.3 Å². The van der Waals surface area contributed by atoms with E-state index in [4.69, 9.17) is 0 Å². The standard InChI is InChI=1S/C19H27N3O4/c23-16-8-3-7-15(13-16)20-18(24)17-9-4-11-21(17)19(25)22(26)12-10-14-5-1-2-6-14/h3,7-8,13-14,17,23,26H,1-2,4-6,9-12H2,(H,20,24). The number of carbonyl (C=O) groups excluding carboxylic acids is 2. The van der Waals surface area contributed by atoms with Crippen molar-refractivity contribution in [1.82, 2.24) is 9.96 Å². The van der Waals surface area contributed by atoms with Crippen LogP contribution in [0.5, 0.6) is 5.75 Å². The van der Waals surface area contributed by atoms with E-state index >= 15 is 0 Å². The molecule has 2 fully saturated rings. The molecule has 0 aromatic heterocycles. The summed E-state index contributed by atoms with van der Waals surface area (Å²) in [6.07, 6.45) is 6.88. The first kappa shape index (κ1) is 18.5. The number of benzene rings is 1. The van der Waals surface area contributed by atoms with Gasteiger partial charge in [-0.25, -0.2) is 9.86 Å². The predicted octanol–water partition coefficient (Wildman–Crippen LogP) is 3.19. The lowest BCUT2D eigenvalue weighted by atomic mass is 10.0. The summed E-state index contributed by atoms with van der Waals surface area (Å²) >= 11 is 0. The van der Waals surface area contributed by atoms with Gasteiger partial charge in [0.15, 0.2) is 0 Å². The van der Waals surface area contributed by atoms with Crippen LogP contribution in [0.2, 0.25) is 0 Å². The van der Waals surface area contributed by atoms with E-state index in [1.54, 1.807) is 12.1 Å². The number of phenols is 1. The minimum atomic E-state index is -0.606. The molecule has 1 atom stereocenters. The van der Waals surface area contributed by atoms with E-state index in [9.17, 15) is 19.9 Å². The number of nitrogens with zero attached hydrogens (tertiary/aromatic N) is 2. The van der Waals surface area contributed by atoms with Gasteiger partial charge in [-0.05, 0) is 37.3 Å². The molecular formula is C19H27N3O4. The molecule has 0 radical (unpaired) electrons. The van der Waals surface area contributed by atoms with E-state index < -0.39 is 12.1 Å². The molecule has 1 unspecified atom stereocenters. The van der Waals surface area contributed by atoms with Gasteiger partial charge >= 0.3 is 6.03 Å². The molecule has 0 spiro atoms. The highest BCUT2D eigenvalue weighted by molar-refractivity contribution is 5.97. The number of aromatic hydroxyl groups is 1. The Morgan fingerprint density at radius 2 is 1.96 bits per heavy atom. The molecule has 1 heterocycles. The fourth-order valence-electron chi connectivity index (χ4n) is 3.93. The van der Waals surface area contributed by atoms with Crippen molar-refractivity contribution in [2.45, 2.75) is 51.0 Å². The fourth-order valence-corrected chi connectivity index (χ4v) is 3.93. The summed E-state index contributed by atoms with van der Waals surface area (Å²) in [5, 5.41) is 23.1. The fraction of sp³-hybridized carbons (Fsp3) is 0.579. The first-order chi connectivity index (χ1) is 12.5. The second-order valence-electron chi connectivity index (χ2n) is 7.24. The van der Waals surface area contributed by atoms with Gasteiger partial charge in [0.25, 0.3) is 0 Å². The van der Waals surface area contributed by atoms with Crippen molar-refractivity contribution in [2.24, 2.45) is 5.92 Å². The summed E-state index contributed by atoms with van der Waals surface area (Å²) in [4.78, 5) is 26.5. The van der Waals surface area contributed by atoms with Crippen LogP contribution in [0, 0.1) is 5.92 Å². The van der Waals surface area contributed by atoms with Gasteiger partial charge in [0.1, 0.15) is 11.8 Å². The summed E-state index contributed by atoms with van der Waals surface area (Å²) in [6.45, 7) is 0.762. The summed E-state index contributed by atoms with van der Waals surface area (Å²) in [5.41, 5.74) is 0.483. The number of carbonyl (C=O) groups is 2. The molecule has 0 bridgehead atoms. The number of hydrogen-bond acceptors (Lipinski definition) is 4. The van der Waals surface area contributed by atoms with Crippen LogP contribution >= 0.6 is 0 Å². The third-order valence-corrected chi connectivity index (χ3v) is 5.36. The lowest BCUT2D eigenvalue weighted by Crippen LogP contribution is -2.48. The Kier molecular flexibility index (Phi) is 5.98. The number of nitrogens with one attached hydrogen (secondary N) is 1. The molecular weight excluding hydrogens is 334 g/mol. The largest absolute Gasteiger partial charge is 0.508 e. The zero-order chi connectivity index (χ0) is 18.5. The van der Waals surface area contributed by atoms with Crippen molar-refractivity contribution in [3.05, 3.63) is 24.3 Å². The molecule has 1 aliphatic heterocycles. The van der Waals surface area contributed by atoms with Gasteiger partial charge in [-0.3, -0.25) is 10.0 Å². The quantitative estimate of drug-likeness (QED) is 0.555. The second kappa shape index (κ2) is 8.40. The van der Waals surface area contributed by atoms with Crippen LogP contribution in [-0.2, 0) is 4.79 Å². The third kappa shape index (κ3) is 4.46. The second-order valence-corrected chi connectivity index (χ2v) is 7.24. The molecule has 7 nitrogen and oxygen atoms in total. The molecule has 1 aromatic rings. The Hall–Kier alpha value is -2.28. The van der Waals surface area contributed by atoms with Gasteiger partial charge in [0, 0.05) is 18.3 Å². The number of urea groups is 1. The zero-order valence-corrected chi connectivity index (χ0v) is 14.9. The number of likely N-dealkylation sites (tertiary alicyclic amines) is 1. The average Bonchev–Trinajstić information content (AvgIpc) is 3.30. The van der Waals surface area contributed by atoms with Crippen LogP contribution in [0.3, 0.4) is 0 Å². The first-order valence-electron chi connectivity index (χ1n) is 9.41. The Morgan fingerprint density at radius 3 is 2.69 bits per heavy atom. The van der Waals surface area contributed by atoms with E-state index in [0.717, 1.165) is 17.9 Å². The van der Waals surface area contributed by atoms with Crippen molar-refractivity contribution in [1.29, 1.82) is 0 Å².